The van der Waals surface area contributed by atoms with E-state index in [9.17, 15) is 9.18 Å². The Morgan fingerprint density at radius 2 is 2.14 bits per heavy atom. The van der Waals surface area contributed by atoms with Gasteiger partial charge in [0.05, 0.1) is 28.8 Å². The first-order valence-electron chi connectivity index (χ1n) is 5.85. The van der Waals surface area contributed by atoms with Crippen molar-refractivity contribution in [3.05, 3.63) is 63.5 Å². The van der Waals surface area contributed by atoms with Crippen LogP contribution in [0.3, 0.4) is 0 Å². The topological polar surface area (TPSA) is 95.7 Å². The fraction of sp³-hybridized carbons (Fsp3) is 0.0714. The van der Waals surface area contributed by atoms with E-state index in [0.29, 0.717) is 0 Å². The van der Waals surface area contributed by atoms with E-state index in [1.54, 1.807) is 0 Å². The zero-order valence-electron chi connectivity index (χ0n) is 11.1. The van der Waals surface area contributed by atoms with Gasteiger partial charge in [0, 0.05) is 11.8 Å². The number of carbonyl (C=O) groups is 1. The summed E-state index contributed by atoms with van der Waals surface area (Å²) in [5.41, 5.74) is 5.44. The Labute approximate surface area is 136 Å². The van der Waals surface area contributed by atoms with E-state index in [0.717, 1.165) is 6.07 Å². The van der Waals surface area contributed by atoms with Gasteiger partial charge in [-0.05, 0) is 18.2 Å². The maximum Gasteiger partial charge on any atom is 0.252 e. The number of benzene rings is 1. The predicted octanol–water partition coefficient (Wildman–Crippen LogP) is 2.20. The minimum atomic E-state index is -0.781. The first-order chi connectivity index (χ1) is 9.92. The van der Waals surface area contributed by atoms with Gasteiger partial charge in [0.2, 0.25) is 0 Å². The van der Waals surface area contributed by atoms with Gasteiger partial charge in [-0.2, -0.15) is 5.26 Å². The summed E-state index contributed by atoms with van der Waals surface area (Å²) in [6.45, 7) is -0.00276. The molecule has 2 rings (SSSR count). The lowest BCUT2D eigenvalue weighted by molar-refractivity contribution is 0.0998. The van der Waals surface area contributed by atoms with Crippen molar-refractivity contribution in [2.24, 2.45) is 5.73 Å². The number of halogens is 3. The molecule has 0 aliphatic heterocycles. The van der Waals surface area contributed by atoms with Crippen molar-refractivity contribution in [3.8, 4) is 6.07 Å². The average Bonchev–Trinajstić information content (AvgIpc) is 2.44. The summed E-state index contributed by atoms with van der Waals surface area (Å²) in [6, 6.07) is 7.16. The van der Waals surface area contributed by atoms with Crippen molar-refractivity contribution in [2.75, 3.05) is 0 Å². The molecule has 1 aromatic carbocycles. The lowest BCUT2D eigenvalue weighted by Gasteiger charge is -2.11. The number of hydrogen-bond acceptors (Lipinski definition) is 3. The summed E-state index contributed by atoms with van der Waals surface area (Å²) in [5.74, 6) is -1.35. The molecule has 8 heteroatoms. The largest absolute Gasteiger partial charge is 0.365 e. The maximum absolute atomic E-state index is 13.9. The maximum atomic E-state index is 13.9. The highest BCUT2D eigenvalue weighted by atomic mass is 35.5. The number of aromatic nitrogens is 1. The first-order valence-corrected chi connectivity index (χ1v) is 6.23. The van der Waals surface area contributed by atoms with Crippen LogP contribution in [0.25, 0.3) is 0 Å². The number of carbonyl (C=O) groups excluding carboxylic acids is 1. The lowest BCUT2D eigenvalue weighted by Crippen LogP contribution is -2.30. The summed E-state index contributed by atoms with van der Waals surface area (Å²) in [4.78, 5) is 11.2. The Balaban J connectivity index is 0.00000242. The molecule has 0 saturated heterocycles. The summed E-state index contributed by atoms with van der Waals surface area (Å²) >= 11 is 5.87. The molecule has 1 heterocycles. The van der Waals surface area contributed by atoms with Crippen LogP contribution in [0.1, 0.15) is 21.5 Å². The molecule has 5 nitrogen and oxygen atoms in total. The smallest absolute Gasteiger partial charge is 0.252 e. The predicted molar refractivity (Wildman–Crippen MR) is 81.3 cm³/mol. The molecule has 0 fully saturated rings. The second kappa shape index (κ2) is 7.07. The van der Waals surface area contributed by atoms with Gasteiger partial charge in [-0.1, -0.05) is 17.7 Å². The van der Waals surface area contributed by atoms with Crippen LogP contribution in [0.15, 0.2) is 30.5 Å². The van der Waals surface area contributed by atoms with Gasteiger partial charge in [0.15, 0.2) is 0 Å². The van der Waals surface area contributed by atoms with Crippen LogP contribution >= 0.6 is 24.0 Å². The van der Waals surface area contributed by atoms with Gasteiger partial charge in [0.1, 0.15) is 11.3 Å². The minimum Gasteiger partial charge on any atom is -0.365 e. The molecule has 0 unspecified atom stereocenters. The van der Waals surface area contributed by atoms with Gasteiger partial charge in [-0.15, -0.1) is 12.4 Å². The van der Waals surface area contributed by atoms with Crippen molar-refractivity contribution < 1.29 is 9.18 Å². The van der Waals surface area contributed by atoms with Crippen molar-refractivity contribution in [3.63, 3.8) is 0 Å². The highest BCUT2D eigenvalue weighted by molar-refractivity contribution is 6.30. The SMILES string of the molecule is Cl.N#Cc1ccc(Cn2cc(Cl)cc(C(N)=O)c2=N)c(F)c1. The fourth-order valence-electron chi connectivity index (χ4n) is 1.85. The Morgan fingerprint density at radius 1 is 1.45 bits per heavy atom. The third-order valence-corrected chi connectivity index (χ3v) is 3.10. The van der Waals surface area contributed by atoms with Crippen molar-refractivity contribution in [1.29, 1.82) is 10.7 Å². The monoisotopic (exact) mass is 340 g/mol. The molecule has 1 amide bonds. The number of nitrogens with zero attached hydrogens (tertiary/aromatic N) is 2. The summed E-state index contributed by atoms with van der Waals surface area (Å²) in [5, 5.41) is 16.8. The summed E-state index contributed by atoms with van der Waals surface area (Å²) < 4.78 is 15.2. The third kappa shape index (κ3) is 3.64. The van der Waals surface area contributed by atoms with Crippen LogP contribution in [0.5, 0.6) is 0 Å². The second-order valence-electron chi connectivity index (χ2n) is 4.33. The normalized spacial score (nSPS) is 9.68. The molecule has 114 valence electrons. The van der Waals surface area contributed by atoms with Crippen LogP contribution in [-0.2, 0) is 6.54 Å². The number of pyridine rings is 1. The Bertz CT molecular complexity index is 827. The van der Waals surface area contributed by atoms with Crippen LogP contribution in [-0.4, -0.2) is 10.5 Å². The zero-order valence-corrected chi connectivity index (χ0v) is 12.7. The summed E-state index contributed by atoms with van der Waals surface area (Å²) in [7, 11) is 0. The van der Waals surface area contributed by atoms with Gasteiger partial charge < -0.3 is 10.3 Å². The van der Waals surface area contributed by atoms with E-state index in [4.69, 9.17) is 28.0 Å². The van der Waals surface area contributed by atoms with Crippen LogP contribution in [0.2, 0.25) is 5.02 Å². The number of nitrogens with one attached hydrogen (secondary N) is 1. The molecule has 1 aromatic heterocycles. The zero-order chi connectivity index (χ0) is 15.6. The van der Waals surface area contributed by atoms with Crippen molar-refractivity contribution >= 4 is 29.9 Å². The Kier molecular flexibility index (Phi) is 5.69. The number of primary amides is 1. The van der Waals surface area contributed by atoms with E-state index in [2.05, 4.69) is 0 Å². The molecule has 0 bridgehead atoms. The second-order valence-corrected chi connectivity index (χ2v) is 4.77. The third-order valence-electron chi connectivity index (χ3n) is 2.89. The number of nitriles is 1. The quantitative estimate of drug-likeness (QED) is 0.895. The molecule has 0 aliphatic carbocycles. The highest BCUT2D eigenvalue weighted by Gasteiger charge is 2.10. The molecule has 0 aliphatic rings. The number of amides is 1. The van der Waals surface area contributed by atoms with Crippen molar-refractivity contribution in [1.82, 2.24) is 4.57 Å². The molecule has 0 radical (unpaired) electrons. The lowest BCUT2D eigenvalue weighted by atomic mass is 10.1. The van der Waals surface area contributed by atoms with E-state index in [1.165, 1.54) is 29.0 Å². The standard InChI is InChI=1S/C14H10ClFN4O.ClH/c15-10-4-11(14(19)21)13(18)20(7-10)6-9-2-1-8(5-17)3-12(9)16;/h1-4,7,18H,6H2,(H2,19,21);1H. The Hall–Kier alpha value is -2.36. The molecule has 2 aromatic rings. The van der Waals surface area contributed by atoms with Crippen LogP contribution < -0.4 is 11.2 Å². The van der Waals surface area contributed by atoms with Crippen LogP contribution in [0.4, 0.5) is 4.39 Å². The van der Waals surface area contributed by atoms with Gasteiger partial charge in [-0.3, -0.25) is 10.2 Å². The molecular formula is C14H11Cl2FN4O. The summed E-state index contributed by atoms with van der Waals surface area (Å²) in [6.07, 6.45) is 1.41. The van der Waals surface area contributed by atoms with E-state index in [-0.39, 0.29) is 46.2 Å². The molecule has 3 N–H and O–H groups in total. The van der Waals surface area contributed by atoms with Gasteiger partial charge in [-0.25, -0.2) is 4.39 Å². The van der Waals surface area contributed by atoms with E-state index >= 15 is 0 Å². The van der Waals surface area contributed by atoms with Crippen LogP contribution in [0, 0.1) is 22.6 Å². The van der Waals surface area contributed by atoms with E-state index < -0.39 is 11.7 Å². The molecule has 22 heavy (non-hydrogen) atoms. The highest BCUT2D eigenvalue weighted by Crippen LogP contribution is 2.13. The first kappa shape index (κ1) is 17.7. The molecule has 0 atom stereocenters. The van der Waals surface area contributed by atoms with Gasteiger partial charge >= 0.3 is 0 Å². The van der Waals surface area contributed by atoms with Crippen molar-refractivity contribution in [2.45, 2.75) is 6.54 Å². The molecular weight excluding hydrogens is 330 g/mol. The molecule has 0 spiro atoms. The Morgan fingerprint density at radius 3 is 2.68 bits per heavy atom. The number of nitrogens with two attached hydrogens (primary N) is 1. The van der Waals surface area contributed by atoms with Gasteiger partial charge in [0.25, 0.3) is 5.91 Å². The molecule has 0 saturated carbocycles. The number of rotatable bonds is 3. The minimum absolute atomic E-state index is 0. The average molecular weight is 341 g/mol. The van der Waals surface area contributed by atoms with E-state index in [1.807, 2.05) is 6.07 Å². The number of hydrogen-bond donors (Lipinski definition) is 2. The fourth-order valence-corrected chi connectivity index (χ4v) is 2.08.